The van der Waals surface area contributed by atoms with E-state index in [2.05, 4.69) is 20.5 Å². The monoisotopic (exact) mass is 183 g/mol. The minimum absolute atomic E-state index is 0.418. The summed E-state index contributed by atoms with van der Waals surface area (Å²) >= 11 is 5.84. The SMILES string of the molecule is CN1C=NNc2ncnc(Cl)c21. The van der Waals surface area contributed by atoms with Crippen molar-refractivity contribution in [2.24, 2.45) is 5.10 Å². The van der Waals surface area contributed by atoms with E-state index in [0.717, 1.165) is 5.69 Å². The van der Waals surface area contributed by atoms with E-state index in [1.54, 1.807) is 11.2 Å². The topological polar surface area (TPSA) is 53.4 Å². The zero-order valence-corrected chi connectivity index (χ0v) is 7.08. The predicted molar refractivity (Wildman–Crippen MR) is 47.6 cm³/mol. The second kappa shape index (κ2) is 2.60. The molecule has 0 aromatic carbocycles. The first-order chi connectivity index (χ1) is 5.79. The van der Waals surface area contributed by atoms with Gasteiger partial charge in [-0.05, 0) is 0 Å². The maximum Gasteiger partial charge on any atom is 0.175 e. The number of rotatable bonds is 0. The summed E-state index contributed by atoms with van der Waals surface area (Å²) in [5.74, 6) is 0.625. The van der Waals surface area contributed by atoms with E-state index in [9.17, 15) is 0 Å². The first-order valence-corrected chi connectivity index (χ1v) is 3.69. The average Bonchev–Trinajstić information content (AvgIpc) is 2.04. The molecule has 0 amide bonds. The summed E-state index contributed by atoms with van der Waals surface area (Å²) in [6, 6.07) is 0. The quantitative estimate of drug-likeness (QED) is 0.609. The van der Waals surface area contributed by atoms with Crippen LogP contribution in [0.2, 0.25) is 5.15 Å². The fourth-order valence-corrected chi connectivity index (χ4v) is 1.25. The van der Waals surface area contributed by atoms with E-state index in [4.69, 9.17) is 11.6 Å². The summed E-state index contributed by atoms with van der Waals surface area (Å²) in [4.78, 5) is 9.58. The Morgan fingerprint density at radius 1 is 1.50 bits per heavy atom. The Kier molecular flexibility index (Phi) is 1.58. The number of hydrogen-bond donors (Lipinski definition) is 1. The molecule has 1 aromatic rings. The number of hydrazone groups is 1. The highest BCUT2D eigenvalue weighted by molar-refractivity contribution is 6.33. The molecule has 0 aliphatic carbocycles. The third kappa shape index (κ3) is 0.984. The van der Waals surface area contributed by atoms with E-state index in [1.807, 2.05) is 7.05 Å². The third-order valence-electron chi connectivity index (χ3n) is 1.53. The summed E-state index contributed by atoms with van der Waals surface area (Å²) in [7, 11) is 1.83. The van der Waals surface area contributed by atoms with E-state index >= 15 is 0 Å². The molecular formula is C6H6ClN5. The first kappa shape index (κ1) is 7.30. The van der Waals surface area contributed by atoms with Crippen molar-refractivity contribution in [3.8, 4) is 0 Å². The van der Waals surface area contributed by atoms with Crippen LogP contribution in [-0.4, -0.2) is 23.4 Å². The lowest BCUT2D eigenvalue weighted by atomic mass is 10.4. The second-order valence-corrected chi connectivity index (χ2v) is 2.69. The number of halogens is 1. The lowest BCUT2D eigenvalue weighted by Gasteiger charge is -2.20. The maximum atomic E-state index is 5.84. The van der Waals surface area contributed by atoms with Gasteiger partial charge in [-0.2, -0.15) is 5.10 Å². The number of aromatic nitrogens is 2. The van der Waals surface area contributed by atoms with Gasteiger partial charge in [0, 0.05) is 7.05 Å². The van der Waals surface area contributed by atoms with Gasteiger partial charge in [0.2, 0.25) is 0 Å². The zero-order valence-electron chi connectivity index (χ0n) is 6.32. The fourth-order valence-electron chi connectivity index (χ4n) is 0.986. The van der Waals surface area contributed by atoms with Crippen LogP contribution in [0.3, 0.4) is 0 Å². The van der Waals surface area contributed by atoms with Crippen molar-refractivity contribution in [1.82, 2.24) is 9.97 Å². The molecule has 0 atom stereocenters. The molecule has 1 aliphatic rings. The highest BCUT2D eigenvalue weighted by atomic mass is 35.5. The molecule has 0 fully saturated rings. The maximum absolute atomic E-state index is 5.84. The van der Waals surface area contributed by atoms with Crippen molar-refractivity contribution in [3.05, 3.63) is 11.5 Å². The summed E-state index contributed by atoms with van der Waals surface area (Å²) in [6.45, 7) is 0. The van der Waals surface area contributed by atoms with Gasteiger partial charge in [-0.3, -0.25) is 5.43 Å². The van der Waals surface area contributed by atoms with Gasteiger partial charge in [-0.1, -0.05) is 11.6 Å². The minimum Gasteiger partial charge on any atom is -0.328 e. The van der Waals surface area contributed by atoms with Crippen LogP contribution in [0.1, 0.15) is 0 Å². The predicted octanol–water partition coefficient (Wildman–Crippen LogP) is 0.935. The molecule has 0 saturated carbocycles. The molecule has 0 radical (unpaired) electrons. The van der Waals surface area contributed by atoms with Gasteiger partial charge in [0.05, 0.1) is 0 Å². The van der Waals surface area contributed by atoms with Crippen LogP contribution in [0, 0.1) is 0 Å². The Hall–Kier alpha value is -1.36. The molecule has 1 aliphatic heterocycles. The Balaban J connectivity index is 2.58. The summed E-state index contributed by atoms with van der Waals surface area (Å²) < 4.78 is 0. The molecule has 0 saturated heterocycles. The van der Waals surface area contributed by atoms with E-state index in [-0.39, 0.29) is 0 Å². The lowest BCUT2D eigenvalue weighted by molar-refractivity contribution is 1.08. The third-order valence-corrected chi connectivity index (χ3v) is 1.81. The first-order valence-electron chi connectivity index (χ1n) is 3.31. The number of hydrogen-bond acceptors (Lipinski definition) is 5. The molecule has 6 heteroatoms. The number of nitrogens with one attached hydrogen (secondary N) is 1. The van der Waals surface area contributed by atoms with Crippen molar-refractivity contribution in [3.63, 3.8) is 0 Å². The van der Waals surface area contributed by atoms with Gasteiger partial charge >= 0.3 is 0 Å². The van der Waals surface area contributed by atoms with Gasteiger partial charge in [0.25, 0.3) is 0 Å². The fraction of sp³-hybridized carbons (Fsp3) is 0.167. The van der Waals surface area contributed by atoms with Crippen LogP contribution >= 0.6 is 11.6 Å². The molecule has 2 heterocycles. The van der Waals surface area contributed by atoms with Crippen molar-refractivity contribution >= 4 is 29.4 Å². The van der Waals surface area contributed by atoms with Gasteiger partial charge in [-0.25, -0.2) is 9.97 Å². The molecule has 62 valence electrons. The minimum atomic E-state index is 0.418. The van der Waals surface area contributed by atoms with Crippen molar-refractivity contribution in [2.75, 3.05) is 17.4 Å². The van der Waals surface area contributed by atoms with Crippen molar-refractivity contribution < 1.29 is 0 Å². The van der Waals surface area contributed by atoms with Crippen LogP contribution in [0.4, 0.5) is 11.5 Å². The number of fused-ring (bicyclic) bond motifs is 1. The van der Waals surface area contributed by atoms with Gasteiger partial charge in [-0.15, -0.1) is 0 Å². The average molecular weight is 184 g/mol. The smallest absolute Gasteiger partial charge is 0.175 e. The van der Waals surface area contributed by atoms with E-state index in [0.29, 0.717) is 11.0 Å². The van der Waals surface area contributed by atoms with Crippen LogP contribution in [-0.2, 0) is 0 Å². The standard InChI is InChI=1S/C6H6ClN5/c1-12-3-10-11-6-4(12)5(7)8-2-9-6/h2-3H,1H3,(H,8,9,11). The van der Waals surface area contributed by atoms with Crippen molar-refractivity contribution in [1.29, 1.82) is 0 Å². The van der Waals surface area contributed by atoms with Crippen LogP contribution in [0.25, 0.3) is 0 Å². The summed E-state index contributed by atoms with van der Waals surface area (Å²) in [5, 5.41) is 4.26. The largest absolute Gasteiger partial charge is 0.328 e. The Labute approximate surface area is 74.1 Å². The molecule has 2 rings (SSSR count). The summed E-state index contributed by atoms with van der Waals surface area (Å²) in [5.41, 5.74) is 3.47. The number of anilines is 2. The van der Waals surface area contributed by atoms with Crippen LogP contribution in [0.5, 0.6) is 0 Å². The normalized spacial score (nSPS) is 14.0. The van der Waals surface area contributed by atoms with Gasteiger partial charge < -0.3 is 4.90 Å². The summed E-state index contributed by atoms with van der Waals surface area (Å²) in [6.07, 6.45) is 3.00. The molecule has 0 spiro atoms. The molecule has 1 N–H and O–H groups in total. The zero-order chi connectivity index (χ0) is 8.55. The Bertz CT molecular complexity index is 337. The lowest BCUT2D eigenvalue weighted by Crippen LogP contribution is -2.22. The molecule has 0 unspecified atom stereocenters. The Morgan fingerprint density at radius 3 is 3.08 bits per heavy atom. The highest BCUT2D eigenvalue weighted by Crippen LogP contribution is 2.30. The van der Waals surface area contributed by atoms with E-state index in [1.165, 1.54) is 6.33 Å². The highest BCUT2D eigenvalue weighted by Gasteiger charge is 2.15. The van der Waals surface area contributed by atoms with E-state index < -0.39 is 0 Å². The Morgan fingerprint density at radius 2 is 2.33 bits per heavy atom. The van der Waals surface area contributed by atoms with Gasteiger partial charge in [0.1, 0.15) is 18.4 Å². The second-order valence-electron chi connectivity index (χ2n) is 2.33. The van der Waals surface area contributed by atoms with Crippen LogP contribution < -0.4 is 10.3 Å². The van der Waals surface area contributed by atoms with Crippen LogP contribution in [0.15, 0.2) is 11.4 Å². The number of nitrogens with zero attached hydrogens (tertiary/aromatic N) is 4. The molecule has 5 nitrogen and oxygen atoms in total. The molecule has 12 heavy (non-hydrogen) atoms. The molecule has 1 aromatic heterocycles. The van der Waals surface area contributed by atoms with Crippen molar-refractivity contribution in [2.45, 2.75) is 0 Å². The molecular weight excluding hydrogens is 178 g/mol. The van der Waals surface area contributed by atoms with Gasteiger partial charge in [0.15, 0.2) is 11.0 Å². The molecule has 0 bridgehead atoms.